The first kappa shape index (κ1) is 25.5. The predicted molar refractivity (Wildman–Crippen MR) is 148 cm³/mol. The van der Waals surface area contributed by atoms with E-state index in [2.05, 4.69) is 70.7 Å². The van der Waals surface area contributed by atoms with Gasteiger partial charge in [0.05, 0.1) is 19.3 Å². The number of aryl methyl sites for hydroxylation is 1. The summed E-state index contributed by atoms with van der Waals surface area (Å²) in [7, 11) is 1.66. The van der Waals surface area contributed by atoms with Crippen molar-refractivity contribution >= 4 is 17.2 Å². The van der Waals surface area contributed by atoms with Gasteiger partial charge >= 0.3 is 0 Å². The molecular formula is C28H36N6O2S. The largest absolute Gasteiger partial charge is 0.496 e. The quantitative estimate of drug-likeness (QED) is 0.252. The van der Waals surface area contributed by atoms with E-state index in [1.165, 1.54) is 21.6 Å². The number of aromatic nitrogens is 1. The van der Waals surface area contributed by atoms with Crippen LogP contribution >= 0.6 is 11.3 Å². The van der Waals surface area contributed by atoms with Gasteiger partial charge in [0.15, 0.2) is 0 Å². The number of carbonyl (C=O) groups excluding carboxylic acids is 1. The fraction of sp³-hybridized carbons (Fsp3) is 0.464. The number of hydrogen-bond donors (Lipinski definition) is 2. The van der Waals surface area contributed by atoms with E-state index in [-0.39, 0.29) is 11.4 Å². The van der Waals surface area contributed by atoms with E-state index in [9.17, 15) is 4.79 Å². The number of thiophene rings is 1. The third-order valence-electron chi connectivity index (χ3n) is 7.26. The molecule has 2 aliphatic heterocycles. The van der Waals surface area contributed by atoms with Gasteiger partial charge < -0.3 is 19.9 Å². The number of amides is 1. The van der Waals surface area contributed by atoms with Crippen molar-refractivity contribution in [1.29, 1.82) is 0 Å². The van der Waals surface area contributed by atoms with E-state index in [1.54, 1.807) is 18.4 Å². The third kappa shape index (κ3) is 4.44. The number of ether oxygens (including phenoxy) is 1. The van der Waals surface area contributed by atoms with Crippen LogP contribution in [-0.2, 0) is 19.4 Å². The van der Waals surface area contributed by atoms with Gasteiger partial charge in [0.1, 0.15) is 17.6 Å². The molecule has 3 N–H and O–H groups in total. The van der Waals surface area contributed by atoms with Gasteiger partial charge in [0.2, 0.25) is 0 Å². The topological polar surface area (TPSA) is 97.2 Å². The number of nitrogens with one attached hydrogen (secondary N) is 1. The lowest BCUT2D eigenvalue weighted by molar-refractivity contribution is 0.0579. The Morgan fingerprint density at radius 2 is 2.03 bits per heavy atom. The van der Waals surface area contributed by atoms with Crippen molar-refractivity contribution in [3.63, 3.8) is 0 Å². The Labute approximate surface area is 222 Å². The van der Waals surface area contributed by atoms with Gasteiger partial charge in [-0.15, -0.1) is 11.3 Å². The summed E-state index contributed by atoms with van der Waals surface area (Å²) in [5.41, 5.74) is 16.6. The number of nitrogens with zero attached hydrogens (tertiary/aromatic N) is 4. The maximum Gasteiger partial charge on any atom is 0.271 e. The summed E-state index contributed by atoms with van der Waals surface area (Å²) in [6, 6.07) is 8.44. The molecule has 0 fully saturated rings. The Hall–Kier alpha value is -3.17. The first-order valence-electron chi connectivity index (χ1n) is 13.0. The van der Waals surface area contributed by atoms with Gasteiger partial charge in [-0.1, -0.05) is 11.3 Å². The summed E-state index contributed by atoms with van der Waals surface area (Å²) in [4.78, 5) is 17.3. The molecule has 0 aliphatic carbocycles. The molecule has 8 nitrogen and oxygen atoms in total. The highest BCUT2D eigenvalue weighted by atomic mass is 32.1. The van der Waals surface area contributed by atoms with Crippen molar-refractivity contribution in [1.82, 2.24) is 14.9 Å². The molecule has 1 amide bonds. The normalized spacial score (nSPS) is 16.3. The van der Waals surface area contributed by atoms with E-state index < -0.39 is 6.17 Å². The second-order valence-electron chi connectivity index (χ2n) is 10.6. The molecule has 37 heavy (non-hydrogen) atoms. The van der Waals surface area contributed by atoms with Gasteiger partial charge in [-0.25, -0.2) is 0 Å². The van der Waals surface area contributed by atoms with E-state index in [0.717, 1.165) is 60.6 Å². The van der Waals surface area contributed by atoms with E-state index in [1.807, 2.05) is 11.8 Å². The molecule has 4 heterocycles. The molecule has 3 aromatic rings. The summed E-state index contributed by atoms with van der Waals surface area (Å²) < 4.78 is 8.01. The van der Waals surface area contributed by atoms with Crippen molar-refractivity contribution in [2.45, 2.75) is 65.2 Å². The number of fused-ring (bicyclic) bond motifs is 5. The number of nitrogens with two attached hydrogens (primary N) is 1. The van der Waals surface area contributed by atoms with Crippen LogP contribution in [0, 0.1) is 0 Å². The smallest absolute Gasteiger partial charge is 0.271 e. The Bertz CT molecular complexity index is 1340. The summed E-state index contributed by atoms with van der Waals surface area (Å²) in [6.45, 7) is 10.4. The van der Waals surface area contributed by atoms with Gasteiger partial charge in [-0.3, -0.25) is 10.2 Å². The van der Waals surface area contributed by atoms with Crippen LogP contribution in [0.5, 0.6) is 5.75 Å². The van der Waals surface area contributed by atoms with Crippen molar-refractivity contribution in [3.8, 4) is 27.4 Å². The molecule has 2 aromatic heterocycles. The zero-order valence-electron chi connectivity index (χ0n) is 22.3. The summed E-state index contributed by atoms with van der Waals surface area (Å²) in [6.07, 6.45) is 2.04. The van der Waals surface area contributed by atoms with E-state index in [0.29, 0.717) is 6.54 Å². The molecule has 0 radical (unpaired) electrons. The third-order valence-corrected chi connectivity index (χ3v) is 8.14. The summed E-state index contributed by atoms with van der Waals surface area (Å²) in [5.74, 6) is 0.847. The molecule has 0 saturated heterocycles. The van der Waals surface area contributed by atoms with Gasteiger partial charge in [0.25, 0.3) is 5.91 Å². The van der Waals surface area contributed by atoms with Gasteiger partial charge in [-0.2, -0.15) is 5.11 Å². The van der Waals surface area contributed by atoms with E-state index >= 15 is 0 Å². The summed E-state index contributed by atoms with van der Waals surface area (Å²) >= 11 is 1.72. The second-order valence-corrected chi connectivity index (χ2v) is 11.5. The number of methoxy groups -OCH3 is 1. The van der Waals surface area contributed by atoms with Crippen molar-refractivity contribution in [2.24, 2.45) is 16.1 Å². The zero-order chi connectivity index (χ0) is 26.3. The SMILES string of the molecule is CCN=NNC(N)c1cc2c(cc1OC)CCn1c3c(c(-c4cccs4)c1-2)CCCN(C(C)(C)C)C3=O. The fourth-order valence-electron chi connectivity index (χ4n) is 5.59. The van der Waals surface area contributed by atoms with Gasteiger partial charge in [0, 0.05) is 40.2 Å². The molecule has 1 aromatic carbocycles. The van der Waals surface area contributed by atoms with Crippen LogP contribution in [0.15, 0.2) is 40.0 Å². The number of rotatable bonds is 6. The summed E-state index contributed by atoms with van der Waals surface area (Å²) in [5, 5.41) is 10.1. The Kier molecular flexibility index (Phi) is 6.85. The molecule has 5 rings (SSSR count). The zero-order valence-corrected chi connectivity index (χ0v) is 23.1. The van der Waals surface area contributed by atoms with Crippen molar-refractivity contribution in [2.75, 3.05) is 20.2 Å². The van der Waals surface area contributed by atoms with E-state index in [4.69, 9.17) is 10.5 Å². The van der Waals surface area contributed by atoms with Crippen LogP contribution in [0.2, 0.25) is 0 Å². The molecule has 0 spiro atoms. The first-order valence-corrected chi connectivity index (χ1v) is 13.8. The maximum atomic E-state index is 14.1. The first-order chi connectivity index (χ1) is 17.8. The average molecular weight is 521 g/mol. The molecule has 0 saturated carbocycles. The number of hydrogen-bond acceptors (Lipinski definition) is 6. The lowest BCUT2D eigenvalue weighted by atomic mass is 9.91. The highest BCUT2D eigenvalue weighted by molar-refractivity contribution is 7.13. The Morgan fingerprint density at radius 1 is 1.22 bits per heavy atom. The maximum absolute atomic E-state index is 14.1. The van der Waals surface area contributed by atoms with Crippen LogP contribution in [0.4, 0.5) is 0 Å². The Balaban J connectivity index is 1.74. The molecule has 0 bridgehead atoms. The van der Waals surface area contributed by atoms with Gasteiger partial charge in [-0.05, 0) is 81.7 Å². The highest BCUT2D eigenvalue weighted by Gasteiger charge is 2.38. The molecule has 1 unspecified atom stereocenters. The van der Waals surface area contributed by atoms with Crippen LogP contribution in [0.25, 0.3) is 21.7 Å². The van der Waals surface area contributed by atoms with Crippen LogP contribution in [0.3, 0.4) is 0 Å². The second kappa shape index (κ2) is 9.95. The Morgan fingerprint density at radius 3 is 2.70 bits per heavy atom. The van der Waals surface area contributed by atoms with Crippen LogP contribution in [-0.4, -0.2) is 41.1 Å². The van der Waals surface area contributed by atoms with Crippen molar-refractivity contribution < 1.29 is 9.53 Å². The van der Waals surface area contributed by atoms with Crippen LogP contribution in [0.1, 0.15) is 67.5 Å². The molecule has 196 valence electrons. The van der Waals surface area contributed by atoms with Crippen molar-refractivity contribution in [3.05, 3.63) is 52.0 Å². The molecular weight excluding hydrogens is 484 g/mol. The number of carbonyl (C=O) groups is 1. The average Bonchev–Trinajstić information content (AvgIpc) is 3.46. The number of benzene rings is 1. The minimum atomic E-state index is -0.582. The minimum Gasteiger partial charge on any atom is -0.496 e. The van der Waals surface area contributed by atoms with Crippen LogP contribution < -0.4 is 15.9 Å². The molecule has 1 atom stereocenters. The highest BCUT2D eigenvalue weighted by Crippen LogP contribution is 2.47. The monoisotopic (exact) mass is 520 g/mol. The lowest BCUT2D eigenvalue weighted by Gasteiger charge is -2.35. The molecule has 9 heteroatoms. The lowest BCUT2D eigenvalue weighted by Crippen LogP contribution is -2.46. The predicted octanol–water partition coefficient (Wildman–Crippen LogP) is 5.57. The fourth-order valence-corrected chi connectivity index (χ4v) is 6.39. The standard InChI is InChI=1S/C28H36N6O2S/c1-6-30-32-31-26(29)20-16-19-17(15-21(20)36-5)11-13-33-24(19)23(22-10-8-14-37-22)18-9-7-12-34(28(2,3)4)27(35)25(18)33/h8,10,14-16,26H,6-7,9,11-13,29H2,1-5H3,(H,30,31). The molecule has 2 aliphatic rings. The minimum absolute atomic E-state index is 0.125.